The molecule has 0 saturated heterocycles. The Balaban J connectivity index is 2.28. The minimum atomic E-state index is -1.41. The van der Waals surface area contributed by atoms with Crippen LogP contribution >= 0.6 is 23.2 Å². The third kappa shape index (κ3) is 3.26. The molecule has 0 bridgehead atoms. The summed E-state index contributed by atoms with van der Waals surface area (Å²) in [5.74, 6) is -0.428. The maximum Gasteiger partial charge on any atom is 0.142 e. The minimum Gasteiger partial charge on any atom is -0.398 e. The van der Waals surface area contributed by atoms with Gasteiger partial charge in [-0.25, -0.2) is 4.39 Å². The van der Waals surface area contributed by atoms with Crippen molar-refractivity contribution in [1.29, 1.82) is 0 Å². The molecule has 0 spiro atoms. The SMILES string of the molecule is Nc1cc(Cl)ccc1S(=O)Cc1cccc(F)c1Cl. The van der Waals surface area contributed by atoms with Crippen LogP contribution in [0.15, 0.2) is 41.3 Å². The fourth-order valence-electron chi connectivity index (χ4n) is 1.61. The van der Waals surface area contributed by atoms with E-state index in [-0.39, 0.29) is 10.8 Å². The van der Waals surface area contributed by atoms with E-state index in [4.69, 9.17) is 28.9 Å². The summed E-state index contributed by atoms with van der Waals surface area (Å²) in [5.41, 5.74) is 6.59. The first-order valence-electron chi connectivity index (χ1n) is 5.35. The predicted octanol–water partition coefficient (Wildman–Crippen LogP) is 4.02. The van der Waals surface area contributed by atoms with Crippen molar-refractivity contribution in [2.45, 2.75) is 10.6 Å². The molecule has 2 aromatic rings. The normalized spacial score (nSPS) is 12.4. The van der Waals surface area contributed by atoms with E-state index in [9.17, 15) is 8.60 Å². The zero-order chi connectivity index (χ0) is 14.0. The summed E-state index contributed by atoms with van der Waals surface area (Å²) in [5, 5.41) is 0.463. The van der Waals surface area contributed by atoms with Crippen molar-refractivity contribution in [1.82, 2.24) is 0 Å². The highest BCUT2D eigenvalue weighted by molar-refractivity contribution is 7.84. The highest BCUT2D eigenvalue weighted by Crippen LogP contribution is 2.26. The van der Waals surface area contributed by atoms with Crippen LogP contribution in [0.25, 0.3) is 0 Å². The van der Waals surface area contributed by atoms with E-state index >= 15 is 0 Å². The van der Waals surface area contributed by atoms with Gasteiger partial charge in [-0.3, -0.25) is 4.21 Å². The molecule has 19 heavy (non-hydrogen) atoms. The Morgan fingerprint density at radius 3 is 2.63 bits per heavy atom. The first-order valence-corrected chi connectivity index (χ1v) is 7.43. The molecule has 0 aliphatic heterocycles. The number of halogens is 3. The van der Waals surface area contributed by atoms with Crippen molar-refractivity contribution >= 4 is 39.7 Å². The van der Waals surface area contributed by atoms with Gasteiger partial charge in [-0.1, -0.05) is 35.3 Å². The van der Waals surface area contributed by atoms with Crippen molar-refractivity contribution < 1.29 is 8.60 Å². The summed E-state index contributed by atoms with van der Waals surface area (Å²) in [6.45, 7) is 0. The Labute approximate surface area is 122 Å². The van der Waals surface area contributed by atoms with Gasteiger partial charge >= 0.3 is 0 Å². The highest BCUT2D eigenvalue weighted by Gasteiger charge is 2.13. The lowest BCUT2D eigenvalue weighted by Crippen LogP contribution is -2.02. The summed E-state index contributed by atoms with van der Waals surface area (Å²) in [6.07, 6.45) is 0. The summed E-state index contributed by atoms with van der Waals surface area (Å²) in [7, 11) is -1.41. The third-order valence-corrected chi connectivity index (χ3v) is 4.63. The molecule has 0 amide bonds. The summed E-state index contributed by atoms with van der Waals surface area (Å²) in [4.78, 5) is 0.463. The molecular weight excluding hydrogens is 308 g/mol. The van der Waals surface area contributed by atoms with Crippen molar-refractivity contribution in [2.24, 2.45) is 0 Å². The maximum absolute atomic E-state index is 13.3. The number of nitrogen functional groups attached to an aromatic ring is 1. The number of hydrogen-bond acceptors (Lipinski definition) is 2. The first kappa shape index (κ1) is 14.3. The lowest BCUT2D eigenvalue weighted by Gasteiger charge is -2.08. The third-order valence-electron chi connectivity index (χ3n) is 2.54. The second-order valence-electron chi connectivity index (χ2n) is 3.88. The molecule has 0 aliphatic carbocycles. The standard InChI is InChI=1S/C13H10Cl2FNOS/c14-9-4-5-12(11(17)6-9)19(18)7-8-2-1-3-10(16)13(8)15/h1-6H,7,17H2. The van der Waals surface area contributed by atoms with Gasteiger partial charge in [-0.05, 0) is 29.8 Å². The van der Waals surface area contributed by atoms with Crippen LogP contribution in [0.3, 0.4) is 0 Å². The van der Waals surface area contributed by atoms with Crippen molar-refractivity contribution in [3.63, 3.8) is 0 Å². The Kier molecular flexibility index (Phi) is 4.45. The van der Waals surface area contributed by atoms with Gasteiger partial charge in [-0.15, -0.1) is 0 Å². The molecule has 0 radical (unpaired) electrons. The zero-order valence-electron chi connectivity index (χ0n) is 9.70. The fraction of sp³-hybridized carbons (Fsp3) is 0.0769. The van der Waals surface area contributed by atoms with E-state index in [0.29, 0.717) is 21.2 Å². The van der Waals surface area contributed by atoms with Crippen molar-refractivity contribution in [3.05, 3.63) is 57.8 Å². The number of benzene rings is 2. The molecule has 2 rings (SSSR count). The quantitative estimate of drug-likeness (QED) is 0.869. The molecular formula is C13H10Cl2FNOS. The van der Waals surface area contributed by atoms with Crippen LogP contribution in [-0.4, -0.2) is 4.21 Å². The van der Waals surface area contributed by atoms with Crippen LogP contribution in [0.1, 0.15) is 5.56 Å². The van der Waals surface area contributed by atoms with Gasteiger partial charge in [0.1, 0.15) is 5.82 Å². The van der Waals surface area contributed by atoms with Gasteiger partial charge in [0.05, 0.1) is 26.5 Å². The van der Waals surface area contributed by atoms with Gasteiger partial charge < -0.3 is 5.73 Å². The van der Waals surface area contributed by atoms with Crippen molar-refractivity contribution in [3.8, 4) is 0 Å². The highest BCUT2D eigenvalue weighted by atomic mass is 35.5. The molecule has 0 aliphatic rings. The number of nitrogens with two attached hydrogens (primary N) is 1. The fourth-order valence-corrected chi connectivity index (χ4v) is 3.28. The molecule has 0 fully saturated rings. The van der Waals surface area contributed by atoms with Gasteiger partial charge in [0.25, 0.3) is 0 Å². The van der Waals surface area contributed by atoms with Gasteiger partial charge in [0, 0.05) is 10.7 Å². The first-order chi connectivity index (χ1) is 8.99. The van der Waals surface area contributed by atoms with E-state index in [1.807, 2.05) is 0 Å². The number of hydrogen-bond donors (Lipinski definition) is 1. The molecule has 1 unspecified atom stereocenters. The largest absolute Gasteiger partial charge is 0.398 e. The van der Waals surface area contributed by atoms with Crippen LogP contribution in [0.5, 0.6) is 0 Å². The second kappa shape index (κ2) is 5.90. The van der Waals surface area contributed by atoms with Crippen LogP contribution < -0.4 is 5.73 Å². The summed E-state index contributed by atoms with van der Waals surface area (Å²) >= 11 is 11.6. The van der Waals surface area contributed by atoms with E-state index in [2.05, 4.69) is 0 Å². The summed E-state index contributed by atoms with van der Waals surface area (Å²) in [6, 6.07) is 9.15. The molecule has 1 atom stereocenters. The zero-order valence-corrected chi connectivity index (χ0v) is 12.0. The average Bonchev–Trinajstić information content (AvgIpc) is 2.34. The molecule has 100 valence electrons. The Hall–Kier alpha value is -1.10. The number of rotatable bonds is 3. The van der Waals surface area contributed by atoms with Gasteiger partial charge in [-0.2, -0.15) is 0 Å². The smallest absolute Gasteiger partial charge is 0.142 e. The topological polar surface area (TPSA) is 43.1 Å². The van der Waals surface area contributed by atoms with E-state index < -0.39 is 16.6 Å². The molecule has 6 heteroatoms. The van der Waals surface area contributed by atoms with Gasteiger partial charge in [0.15, 0.2) is 0 Å². The lowest BCUT2D eigenvalue weighted by atomic mass is 10.2. The molecule has 0 saturated carbocycles. The number of anilines is 1. The Bertz CT molecular complexity index is 649. The van der Waals surface area contributed by atoms with E-state index in [1.165, 1.54) is 18.2 Å². The van der Waals surface area contributed by atoms with Crippen LogP contribution in [0.2, 0.25) is 10.0 Å². The van der Waals surface area contributed by atoms with E-state index in [0.717, 1.165) is 0 Å². The Morgan fingerprint density at radius 1 is 1.21 bits per heavy atom. The summed E-state index contributed by atoms with van der Waals surface area (Å²) < 4.78 is 25.5. The maximum atomic E-state index is 13.3. The minimum absolute atomic E-state index is 0.0108. The van der Waals surface area contributed by atoms with Crippen LogP contribution in [0, 0.1) is 5.82 Å². The predicted molar refractivity (Wildman–Crippen MR) is 77.4 cm³/mol. The lowest BCUT2D eigenvalue weighted by molar-refractivity contribution is 0.626. The van der Waals surface area contributed by atoms with Crippen LogP contribution in [-0.2, 0) is 16.6 Å². The second-order valence-corrected chi connectivity index (χ2v) is 6.12. The van der Waals surface area contributed by atoms with Crippen molar-refractivity contribution in [2.75, 3.05) is 5.73 Å². The molecule has 2 N–H and O–H groups in total. The Morgan fingerprint density at radius 2 is 1.95 bits per heavy atom. The molecule has 0 aromatic heterocycles. The molecule has 2 nitrogen and oxygen atoms in total. The molecule has 2 aromatic carbocycles. The van der Waals surface area contributed by atoms with Gasteiger partial charge in [0.2, 0.25) is 0 Å². The monoisotopic (exact) mass is 317 g/mol. The van der Waals surface area contributed by atoms with Crippen LogP contribution in [0.4, 0.5) is 10.1 Å². The van der Waals surface area contributed by atoms with E-state index in [1.54, 1.807) is 18.2 Å². The average molecular weight is 318 g/mol. The molecule has 0 heterocycles.